The molecule has 0 unspecified atom stereocenters. The van der Waals surface area contributed by atoms with Crippen molar-refractivity contribution >= 4 is 45.0 Å². The van der Waals surface area contributed by atoms with Gasteiger partial charge in [0.05, 0.1) is 11.5 Å². The van der Waals surface area contributed by atoms with E-state index in [0.29, 0.717) is 5.76 Å². The highest BCUT2D eigenvalue weighted by atomic mass is 35.5. The van der Waals surface area contributed by atoms with Crippen molar-refractivity contribution in [3.63, 3.8) is 0 Å². The molecule has 37 heavy (non-hydrogen) atoms. The molecule has 0 fully saturated rings. The number of sulfonamides is 1. The zero-order valence-corrected chi connectivity index (χ0v) is 20.8. The summed E-state index contributed by atoms with van der Waals surface area (Å²) in [6.07, 6.45) is -5.40. The van der Waals surface area contributed by atoms with Gasteiger partial charge in [-0.1, -0.05) is 22.8 Å². The maximum absolute atomic E-state index is 14.4. The van der Waals surface area contributed by atoms with E-state index in [2.05, 4.69) is 14.6 Å². The van der Waals surface area contributed by atoms with Crippen LogP contribution in [-0.2, 0) is 19.6 Å². The molecule has 198 valence electrons. The number of halogens is 4. The topological polar surface area (TPSA) is 140 Å². The molecule has 0 aliphatic carbocycles. The smallest absolute Gasteiger partial charge is 0.441 e. The number of ether oxygens (including phenoxy) is 1. The zero-order valence-electron chi connectivity index (χ0n) is 19.2. The first-order valence-corrected chi connectivity index (χ1v) is 12.3. The van der Waals surface area contributed by atoms with E-state index >= 15 is 0 Å². The van der Waals surface area contributed by atoms with Crippen LogP contribution in [0.15, 0.2) is 64.0 Å². The molecule has 0 radical (unpaired) electrons. The van der Waals surface area contributed by atoms with Crippen molar-refractivity contribution in [2.24, 2.45) is 0 Å². The summed E-state index contributed by atoms with van der Waals surface area (Å²) in [6.45, 7) is 2.42. The maximum atomic E-state index is 14.4. The predicted molar refractivity (Wildman–Crippen MR) is 126 cm³/mol. The fraction of sp³-hybridized carbons (Fsp3) is 0.227. The number of hydrogen-bond acceptors (Lipinski definition) is 8. The minimum Gasteiger partial charge on any atom is -0.463 e. The average molecular weight is 561 g/mol. The standard InChI is InChI=1S/C22H20ClF3N4O6S/c1-3-35-20(32)21(22(24,25)26,28-19(31)14-5-4-6-15(23)12-14)27-16-7-9-17(10-8-16)37(33,34)30-18-11-13(2)36-29-18/h4-12,27H,3H2,1-2H3,(H,28,31)(H,29,30)/t21-/m0/s1. The van der Waals surface area contributed by atoms with Crippen molar-refractivity contribution in [2.45, 2.75) is 30.6 Å². The number of carbonyl (C=O) groups excluding carboxylic acids is 2. The van der Waals surface area contributed by atoms with E-state index in [4.69, 9.17) is 16.1 Å². The highest BCUT2D eigenvalue weighted by Crippen LogP contribution is 2.34. The van der Waals surface area contributed by atoms with Crippen LogP contribution in [0.1, 0.15) is 23.0 Å². The number of aromatic nitrogens is 1. The lowest BCUT2D eigenvalue weighted by Crippen LogP contribution is -2.69. The quantitative estimate of drug-likeness (QED) is 0.262. The lowest BCUT2D eigenvalue weighted by atomic mass is 10.1. The zero-order chi connectivity index (χ0) is 27.4. The van der Waals surface area contributed by atoms with Crippen LogP contribution in [0, 0.1) is 6.92 Å². The average Bonchev–Trinajstić information content (AvgIpc) is 3.22. The molecule has 1 amide bonds. The van der Waals surface area contributed by atoms with Crippen molar-refractivity contribution in [1.29, 1.82) is 0 Å². The number of amides is 1. The van der Waals surface area contributed by atoms with Crippen LogP contribution >= 0.6 is 11.6 Å². The Morgan fingerprint density at radius 2 is 1.78 bits per heavy atom. The number of esters is 1. The van der Waals surface area contributed by atoms with Crippen LogP contribution in [0.25, 0.3) is 0 Å². The highest BCUT2D eigenvalue weighted by Gasteiger charge is 2.63. The van der Waals surface area contributed by atoms with Crippen LogP contribution in [0.4, 0.5) is 24.7 Å². The van der Waals surface area contributed by atoms with Gasteiger partial charge in [-0.15, -0.1) is 0 Å². The Morgan fingerprint density at radius 3 is 2.32 bits per heavy atom. The number of rotatable bonds is 9. The normalized spacial score (nSPS) is 13.4. The van der Waals surface area contributed by atoms with Crippen LogP contribution in [0.5, 0.6) is 0 Å². The third-order valence-corrected chi connectivity index (χ3v) is 6.36. The third-order valence-electron chi connectivity index (χ3n) is 4.76. The molecule has 1 heterocycles. The third kappa shape index (κ3) is 6.32. The van der Waals surface area contributed by atoms with E-state index in [9.17, 15) is 31.2 Å². The van der Waals surface area contributed by atoms with Crippen molar-refractivity contribution in [3.8, 4) is 0 Å². The number of benzene rings is 2. The first-order valence-electron chi connectivity index (χ1n) is 10.4. The summed E-state index contributed by atoms with van der Waals surface area (Å²) in [7, 11) is -4.17. The number of alkyl halides is 3. The number of aryl methyl sites for hydroxylation is 1. The van der Waals surface area contributed by atoms with Gasteiger partial charge in [-0.25, -0.2) is 13.2 Å². The summed E-state index contributed by atoms with van der Waals surface area (Å²) in [4.78, 5) is 25.0. The molecule has 0 bridgehead atoms. The van der Waals surface area contributed by atoms with Gasteiger partial charge in [0.15, 0.2) is 5.82 Å². The molecule has 0 spiro atoms. The first kappa shape index (κ1) is 27.8. The molecule has 3 rings (SSSR count). The summed E-state index contributed by atoms with van der Waals surface area (Å²) in [6, 6.07) is 10.3. The van der Waals surface area contributed by atoms with E-state index < -0.39 is 40.3 Å². The first-order chi connectivity index (χ1) is 17.3. The summed E-state index contributed by atoms with van der Waals surface area (Å²) in [5.74, 6) is -2.86. The minimum absolute atomic E-state index is 0.0838. The van der Waals surface area contributed by atoms with Gasteiger partial charge in [0, 0.05) is 22.3 Å². The fourth-order valence-electron chi connectivity index (χ4n) is 3.05. The van der Waals surface area contributed by atoms with Crippen molar-refractivity contribution in [3.05, 3.63) is 70.9 Å². The number of hydrogen-bond donors (Lipinski definition) is 3. The molecular formula is C22H20ClF3N4O6S. The van der Waals surface area contributed by atoms with Crippen LogP contribution in [0.3, 0.4) is 0 Å². The summed E-state index contributed by atoms with van der Waals surface area (Å²) in [5.41, 5.74) is -4.32. The summed E-state index contributed by atoms with van der Waals surface area (Å²) < 4.78 is 79.8. The summed E-state index contributed by atoms with van der Waals surface area (Å²) >= 11 is 5.82. The molecule has 10 nitrogen and oxygen atoms in total. The van der Waals surface area contributed by atoms with E-state index in [0.717, 1.165) is 30.3 Å². The molecule has 15 heteroatoms. The van der Waals surface area contributed by atoms with Gasteiger partial charge in [0.25, 0.3) is 15.9 Å². The second kappa shape index (κ2) is 10.7. The summed E-state index contributed by atoms with van der Waals surface area (Å²) in [5, 5.41) is 7.22. The lowest BCUT2D eigenvalue weighted by Gasteiger charge is -2.35. The Hall–Kier alpha value is -3.78. The lowest BCUT2D eigenvalue weighted by molar-refractivity contribution is -0.204. The van der Waals surface area contributed by atoms with Gasteiger partial charge in [-0.3, -0.25) is 9.52 Å². The number of carbonyl (C=O) groups is 2. The number of nitrogens with one attached hydrogen (secondary N) is 3. The monoisotopic (exact) mass is 560 g/mol. The van der Waals surface area contributed by atoms with Crippen molar-refractivity contribution in [2.75, 3.05) is 16.6 Å². The van der Waals surface area contributed by atoms with Gasteiger partial charge in [0.1, 0.15) is 5.76 Å². The predicted octanol–water partition coefficient (Wildman–Crippen LogP) is 4.10. The van der Waals surface area contributed by atoms with Gasteiger partial charge in [-0.05, 0) is 56.3 Å². The van der Waals surface area contributed by atoms with E-state index in [1.54, 1.807) is 12.2 Å². The molecule has 3 aromatic rings. The molecule has 0 saturated carbocycles. The van der Waals surface area contributed by atoms with E-state index in [1.807, 2.05) is 5.32 Å². The van der Waals surface area contributed by atoms with Gasteiger partial charge in [-0.2, -0.15) is 13.2 Å². The van der Waals surface area contributed by atoms with Crippen LogP contribution in [-0.4, -0.2) is 43.9 Å². The molecule has 0 saturated heterocycles. The Bertz CT molecular complexity index is 1400. The Morgan fingerprint density at radius 1 is 1.11 bits per heavy atom. The second-order valence-electron chi connectivity index (χ2n) is 7.51. The maximum Gasteiger partial charge on any atom is 0.441 e. The molecule has 0 aliphatic rings. The van der Waals surface area contributed by atoms with Gasteiger partial charge < -0.3 is 19.9 Å². The number of nitrogens with zero attached hydrogens (tertiary/aromatic N) is 1. The molecule has 0 aliphatic heterocycles. The minimum atomic E-state index is -5.40. The SMILES string of the molecule is CCOC(=O)[C@@](NC(=O)c1cccc(Cl)c1)(Nc1ccc(S(=O)(=O)Nc2cc(C)on2)cc1)C(F)(F)F. The highest BCUT2D eigenvalue weighted by molar-refractivity contribution is 7.92. The Kier molecular flexibility index (Phi) is 8.03. The molecule has 1 aromatic heterocycles. The van der Waals surface area contributed by atoms with Crippen molar-refractivity contribution in [1.82, 2.24) is 10.5 Å². The molecule has 1 atom stereocenters. The molecule has 3 N–H and O–H groups in total. The second-order valence-corrected chi connectivity index (χ2v) is 9.63. The van der Waals surface area contributed by atoms with Gasteiger partial charge in [0.2, 0.25) is 0 Å². The van der Waals surface area contributed by atoms with Crippen molar-refractivity contribution < 1.29 is 40.4 Å². The van der Waals surface area contributed by atoms with Crippen LogP contribution < -0.4 is 15.4 Å². The molecular weight excluding hydrogens is 541 g/mol. The fourth-order valence-corrected chi connectivity index (χ4v) is 4.22. The van der Waals surface area contributed by atoms with Crippen LogP contribution in [0.2, 0.25) is 5.02 Å². The van der Waals surface area contributed by atoms with Gasteiger partial charge >= 0.3 is 17.8 Å². The molecule has 2 aromatic carbocycles. The Labute approximate surface area is 214 Å². The number of anilines is 2. The largest absolute Gasteiger partial charge is 0.463 e. The van der Waals surface area contributed by atoms with E-state index in [-0.39, 0.29) is 27.0 Å². The Balaban J connectivity index is 1.95. The van der Waals surface area contributed by atoms with E-state index in [1.165, 1.54) is 31.2 Å².